The molecule has 324 valence electrons. The maximum absolute atomic E-state index is 12.7. The topological polar surface area (TPSA) is 61.8 Å². The Morgan fingerprint density at radius 1 is 0.411 bits per heavy atom. The highest BCUT2D eigenvalue weighted by molar-refractivity contribution is 5.70. The highest BCUT2D eigenvalue weighted by Crippen LogP contribution is 2.13. The fraction of sp³-hybridized carbons (Fsp3) is 0.765. The van der Waals surface area contributed by atoms with E-state index in [0.717, 1.165) is 89.9 Å². The lowest BCUT2D eigenvalue weighted by Gasteiger charge is -2.18. The highest BCUT2D eigenvalue weighted by Gasteiger charge is 2.17. The van der Waals surface area contributed by atoms with Crippen LogP contribution in [0.15, 0.2) is 60.8 Å². The quantitative estimate of drug-likeness (QED) is 0.0350. The normalized spacial score (nSPS) is 12.7. The van der Waals surface area contributed by atoms with Gasteiger partial charge in [-0.1, -0.05) is 191 Å². The van der Waals surface area contributed by atoms with Crippen LogP contribution in [0, 0.1) is 0 Å². The summed E-state index contributed by atoms with van der Waals surface area (Å²) in [5, 5.41) is 0. The molecule has 0 rings (SSSR count). The SMILES string of the molecule is CC/C=C\C/C=C\C/C=C\C/C=C\CCCCCCC(=O)OCC(COCCCCCCCC)OC(=O)CCCCCCCCC/C=C\CCCCCCCC. The van der Waals surface area contributed by atoms with Crippen LogP contribution in [0.25, 0.3) is 0 Å². The average molecular weight is 783 g/mol. The molecule has 0 saturated heterocycles. The van der Waals surface area contributed by atoms with Crippen LogP contribution in [-0.4, -0.2) is 37.9 Å². The Bertz CT molecular complexity index is 977. The summed E-state index contributed by atoms with van der Waals surface area (Å²) < 4.78 is 17.2. The Morgan fingerprint density at radius 2 is 0.804 bits per heavy atom. The van der Waals surface area contributed by atoms with Crippen LogP contribution in [0.1, 0.15) is 226 Å². The second-order valence-corrected chi connectivity index (χ2v) is 15.6. The second kappa shape index (κ2) is 47.0. The first kappa shape index (κ1) is 53.6. The van der Waals surface area contributed by atoms with Crippen LogP contribution in [-0.2, 0) is 23.8 Å². The van der Waals surface area contributed by atoms with Crippen molar-refractivity contribution in [3.63, 3.8) is 0 Å². The molecule has 0 bridgehead atoms. The summed E-state index contributed by atoms with van der Waals surface area (Å²) in [4.78, 5) is 25.2. The fourth-order valence-corrected chi connectivity index (χ4v) is 6.49. The monoisotopic (exact) mass is 783 g/mol. The Hall–Kier alpha value is -2.40. The first-order chi connectivity index (χ1) is 27.6. The Labute approximate surface area is 347 Å². The number of hydrogen-bond donors (Lipinski definition) is 0. The number of ether oxygens (including phenoxy) is 3. The van der Waals surface area contributed by atoms with Gasteiger partial charge in [0.15, 0.2) is 6.10 Å². The first-order valence-corrected chi connectivity index (χ1v) is 23.8. The molecule has 5 heteroatoms. The maximum Gasteiger partial charge on any atom is 0.306 e. The molecule has 0 aromatic carbocycles. The first-order valence-electron chi connectivity index (χ1n) is 23.8. The molecule has 56 heavy (non-hydrogen) atoms. The van der Waals surface area contributed by atoms with Gasteiger partial charge >= 0.3 is 11.9 Å². The van der Waals surface area contributed by atoms with E-state index in [1.165, 1.54) is 103 Å². The van der Waals surface area contributed by atoms with Crippen molar-refractivity contribution in [2.45, 2.75) is 232 Å². The van der Waals surface area contributed by atoms with E-state index in [2.05, 4.69) is 81.5 Å². The van der Waals surface area contributed by atoms with Crippen LogP contribution >= 0.6 is 0 Å². The van der Waals surface area contributed by atoms with Crippen molar-refractivity contribution in [3.8, 4) is 0 Å². The largest absolute Gasteiger partial charge is 0.462 e. The van der Waals surface area contributed by atoms with Gasteiger partial charge in [-0.2, -0.15) is 0 Å². The smallest absolute Gasteiger partial charge is 0.306 e. The van der Waals surface area contributed by atoms with Gasteiger partial charge in [0.05, 0.1) is 6.61 Å². The zero-order valence-electron chi connectivity index (χ0n) is 37.1. The van der Waals surface area contributed by atoms with Crippen molar-refractivity contribution in [3.05, 3.63) is 60.8 Å². The summed E-state index contributed by atoms with van der Waals surface area (Å²) in [5.74, 6) is -0.430. The van der Waals surface area contributed by atoms with E-state index in [-0.39, 0.29) is 25.2 Å². The van der Waals surface area contributed by atoms with Crippen LogP contribution < -0.4 is 0 Å². The lowest BCUT2D eigenvalue weighted by Crippen LogP contribution is -2.30. The van der Waals surface area contributed by atoms with E-state index >= 15 is 0 Å². The molecule has 0 radical (unpaired) electrons. The van der Waals surface area contributed by atoms with Crippen molar-refractivity contribution in [1.82, 2.24) is 0 Å². The van der Waals surface area contributed by atoms with Gasteiger partial charge in [0.2, 0.25) is 0 Å². The highest BCUT2D eigenvalue weighted by atomic mass is 16.6. The molecule has 1 atom stereocenters. The average Bonchev–Trinajstić information content (AvgIpc) is 3.20. The summed E-state index contributed by atoms with van der Waals surface area (Å²) in [5.41, 5.74) is 0. The molecule has 0 spiro atoms. The van der Waals surface area contributed by atoms with Gasteiger partial charge in [0.1, 0.15) is 6.61 Å². The number of carbonyl (C=O) groups is 2. The molecule has 1 unspecified atom stereocenters. The summed E-state index contributed by atoms with van der Waals surface area (Å²) in [6.07, 6.45) is 58.0. The zero-order valence-corrected chi connectivity index (χ0v) is 37.1. The summed E-state index contributed by atoms with van der Waals surface area (Å²) >= 11 is 0. The van der Waals surface area contributed by atoms with Gasteiger partial charge < -0.3 is 14.2 Å². The van der Waals surface area contributed by atoms with Crippen molar-refractivity contribution in [2.24, 2.45) is 0 Å². The van der Waals surface area contributed by atoms with Crippen molar-refractivity contribution in [2.75, 3.05) is 19.8 Å². The molecule has 0 aliphatic heterocycles. The van der Waals surface area contributed by atoms with Crippen LogP contribution in [0.2, 0.25) is 0 Å². The van der Waals surface area contributed by atoms with Crippen LogP contribution in [0.4, 0.5) is 0 Å². The number of allylic oxidation sites excluding steroid dienone is 10. The minimum atomic E-state index is -0.544. The Kier molecular flexibility index (Phi) is 45.0. The van der Waals surface area contributed by atoms with Gasteiger partial charge in [-0.25, -0.2) is 0 Å². The van der Waals surface area contributed by atoms with E-state index in [0.29, 0.717) is 19.4 Å². The molecule has 0 aliphatic carbocycles. The Balaban J connectivity index is 4.15. The molecule has 0 amide bonds. The number of carbonyl (C=O) groups excluding carboxylic acids is 2. The standard InChI is InChI=1S/C51H90O5/c1-4-7-10-13-16-18-20-22-24-26-28-30-32-34-36-38-41-44-50(52)55-48-49(47-54-46-43-40-15-12-9-6-3)56-51(53)45-42-39-37-35-33-31-29-27-25-23-21-19-17-14-11-8-5-2/h7,10,16,18,22-25,28,30,49H,4-6,8-9,11-15,17,19-21,26-27,29,31-48H2,1-3H3/b10-7-,18-16-,24-22-,25-23-,30-28-. The van der Waals surface area contributed by atoms with Gasteiger partial charge in [-0.05, 0) is 83.5 Å². The molecule has 0 heterocycles. The van der Waals surface area contributed by atoms with Crippen molar-refractivity contribution >= 4 is 11.9 Å². The Morgan fingerprint density at radius 3 is 1.30 bits per heavy atom. The summed E-state index contributed by atoms with van der Waals surface area (Å²) in [6, 6.07) is 0. The number of rotatable bonds is 43. The van der Waals surface area contributed by atoms with E-state index in [1.807, 2.05) is 0 Å². The lowest BCUT2D eigenvalue weighted by molar-refractivity contribution is -0.163. The number of esters is 2. The van der Waals surface area contributed by atoms with E-state index in [4.69, 9.17) is 14.2 Å². The van der Waals surface area contributed by atoms with Gasteiger partial charge in [-0.15, -0.1) is 0 Å². The summed E-state index contributed by atoms with van der Waals surface area (Å²) in [6.45, 7) is 7.65. The van der Waals surface area contributed by atoms with Gasteiger partial charge in [-0.3, -0.25) is 9.59 Å². The predicted molar refractivity (Wildman–Crippen MR) is 242 cm³/mol. The predicted octanol–water partition coefficient (Wildman–Crippen LogP) is 15.8. The minimum absolute atomic E-state index is 0.0706. The third-order valence-corrected chi connectivity index (χ3v) is 10.0. The van der Waals surface area contributed by atoms with Crippen molar-refractivity contribution in [1.29, 1.82) is 0 Å². The second-order valence-electron chi connectivity index (χ2n) is 15.6. The van der Waals surface area contributed by atoms with Gasteiger partial charge in [0, 0.05) is 19.4 Å². The fourth-order valence-electron chi connectivity index (χ4n) is 6.49. The van der Waals surface area contributed by atoms with E-state index in [9.17, 15) is 9.59 Å². The van der Waals surface area contributed by atoms with E-state index < -0.39 is 6.10 Å². The minimum Gasteiger partial charge on any atom is -0.462 e. The number of unbranched alkanes of at least 4 members (excludes halogenated alkanes) is 22. The molecule has 0 aliphatic rings. The van der Waals surface area contributed by atoms with Crippen molar-refractivity contribution < 1.29 is 23.8 Å². The summed E-state index contributed by atoms with van der Waals surface area (Å²) in [7, 11) is 0. The molecule has 0 aromatic rings. The molecule has 5 nitrogen and oxygen atoms in total. The molecular formula is C51H90O5. The zero-order chi connectivity index (χ0) is 40.7. The molecule has 0 saturated carbocycles. The van der Waals surface area contributed by atoms with Gasteiger partial charge in [0.25, 0.3) is 0 Å². The van der Waals surface area contributed by atoms with Crippen LogP contribution in [0.5, 0.6) is 0 Å². The molecule has 0 fully saturated rings. The lowest BCUT2D eigenvalue weighted by atomic mass is 10.1. The number of hydrogen-bond acceptors (Lipinski definition) is 5. The van der Waals surface area contributed by atoms with Crippen LogP contribution in [0.3, 0.4) is 0 Å². The third kappa shape index (κ3) is 44.3. The molecular weight excluding hydrogens is 693 g/mol. The maximum atomic E-state index is 12.7. The molecule has 0 N–H and O–H groups in total. The van der Waals surface area contributed by atoms with E-state index in [1.54, 1.807) is 0 Å². The molecule has 0 aromatic heterocycles. The third-order valence-electron chi connectivity index (χ3n) is 10.0.